The predicted molar refractivity (Wildman–Crippen MR) is 255 cm³/mol. The third kappa shape index (κ3) is 6.85. The van der Waals surface area contributed by atoms with Crippen molar-refractivity contribution < 1.29 is 9.90 Å². The van der Waals surface area contributed by atoms with Crippen LogP contribution < -0.4 is 0 Å². The van der Waals surface area contributed by atoms with Crippen LogP contribution in [0.15, 0.2) is 170 Å². The Morgan fingerprint density at radius 3 is 1.38 bits per heavy atom. The Labute approximate surface area is 366 Å². The van der Waals surface area contributed by atoms with Crippen molar-refractivity contribution in [3.05, 3.63) is 203 Å². The van der Waals surface area contributed by atoms with E-state index in [0.717, 1.165) is 89.4 Å². The quantitative estimate of drug-likeness (QED) is 0.148. The predicted octanol–water partition coefficient (Wildman–Crippen LogP) is 13.5. The Morgan fingerprint density at radius 1 is 0.492 bits per heavy atom. The molecule has 0 saturated heterocycles. The molecule has 0 unspecified atom stereocenters. The van der Waals surface area contributed by atoms with E-state index in [1.165, 1.54) is 0 Å². The third-order valence-electron chi connectivity index (χ3n) is 11.4. The van der Waals surface area contributed by atoms with Crippen molar-refractivity contribution in [2.75, 3.05) is 0 Å². The first-order valence-corrected chi connectivity index (χ1v) is 20.9. The highest BCUT2D eigenvalue weighted by molar-refractivity contribution is 6.30. The molecule has 0 saturated carbocycles. The van der Waals surface area contributed by atoms with Gasteiger partial charge in [-0.2, -0.15) is 5.10 Å². The van der Waals surface area contributed by atoms with E-state index in [1.54, 1.807) is 22.9 Å². The number of nitrogens with one attached hydrogen (secondary N) is 2. The zero-order chi connectivity index (χ0) is 42.4. The van der Waals surface area contributed by atoms with Crippen molar-refractivity contribution in [1.82, 2.24) is 29.7 Å². The van der Waals surface area contributed by atoms with E-state index in [2.05, 4.69) is 106 Å². The number of hydrogen-bond acceptors (Lipinski definition) is 4. The van der Waals surface area contributed by atoms with E-state index in [4.69, 9.17) is 21.6 Å². The molecule has 2 aliphatic rings. The van der Waals surface area contributed by atoms with E-state index in [1.807, 2.05) is 84.9 Å². The van der Waals surface area contributed by atoms with E-state index in [-0.39, 0.29) is 5.69 Å². The van der Waals surface area contributed by atoms with Gasteiger partial charge in [-0.15, -0.1) is 0 Å². The molecule has 0 amide bonds. The number of nitrogens with zero attached hydrogens (tertiary/aromatic N) is 4. The molecule has 0 aliphatic carbocycles. The van der Waals surface area contributed by atoms with Gasteiger partial charge in [0.15, 0.2) is 5.69 Å². The van der Waals surface area contributed by atoms with Crippen molar-refractivity contribution in [3.63, 3.8) is 0 Å². The minimum atomic E-state index is -1.15. The second-order valence-electron chi connectivity index (χ2n) is 15.3. The monoisotopic (exact) mass is 834 g/mol. The summed E-state index contributed by atoms with van der Waals surface area (Å²) >= 11 is 6.36. The molecule has 0 radical (unpaired) electrons. The van der Waals surface area contributed by atoms with Gasteiger partial charge in [0.05, 0.1) is 39.7 Å². The van der Waals surface area contributed by atoms with Crippen LogP contribution in [0.25, 0.3) is 108 Å². The summed E-state index contributed by atoms with van der Waals surface area (Å²) in [5, 5.41) is 15.6. The number of halogens is 1. The number of rotatable bonds is 7. The van der Waals surface area contributed by atoms with E-state index < -0.39 is 5.97 Å². The second-order valence-corrected chi connectivity index (χ2v) is 15.7. The van der Waals surface area contributed by atoms with Crippen LogP contribution in [0.3, 0.4) is 0 Å². The third-order valence-corrected chi connectivity index (χ3v) is 11.6. The zero-order valence-corrected chi connectivity index (χ0v) is 34.3. The average Bonchev–Trinajstić information content (AvgIpc) is 4.19. The number of carboxylic acids is 1. The van der Waals surface area contributed by atoms with Gasteiger partial charge in [-0.05, 0) is 95.1 Å². The molecule has 300 valence electrons. The summed E-state index contributed by atoms with van der Waals surface area (Å²) in [5.74, 6) is -1.15. The lowest BCUT2D eigenvalue weighted by Crippen LogP contribution is -2.02. The minimum absolute atomic E-state index is 0.104. The first-order chi connectivity index (χ1) is 31.0. The largest absolute Gasteiger partial charge is 0.476 e. The van der Waals surface area contributed by atoms with Gasteiger partial charge in [0.1, 0.15) is 0 Å². The highest BCUT2D eigenvalue weighted by Crippen LogP contribution is 2.42. The molecule has 0 atom stereocenters. The molecule has 9 heteroatoms. The van der Waals surface area contributed by atoms with Gasteiger partial charge >= 0.3 is 5.97 Å². The van der Waals surface area contributed by atoms with Crippen molar-refractivity contribution >= 4 is 63.9 Å². The maximum absolute atomic E-state index is 12.7. The number of aromatic amines is 2. The number of aromatic nitrogens is 6. The molecular weight excluding hydrogens is 800 g/mol. The number of benzene rings is 5. The van der Waals surface area contributed by atoms with Crippen molar-refractivity contribution in [2.24, 2.45) is 0 Å². The molecule has 5 aromatic carbocycles. The molecule has 9 aromatic rings. The summed E-state index contributed by atoms with van der Waals surface area (Å²) in [7, 11) is 0. The lowest BCUT2D eigenvalue weighted by molar-refractivity contribution is 0.0690. The van der Waals surface area contributed by atoms with Gasteiger partial charge in [0.2, 0.25) is 0 Å². The average molecular weight is 835 g/mol. The van der Waals surface area contributed by atoms with Crippen LogP contribution in [-0.2, 0) is 0 Å². The van der Waals surface area contributed by atoms with Crippen molar-refractivity contribution in [2.45, 2.75) is 0 Å². The van der Waals surface area contributed by atoms with Crippen molar-refractivity contribution in [1.29, 1.82) is 0 Å². The Morgan fingerprint density at radius 2 is 0.921 bits per heavy atom. The number of aromatic carboxylic acids is 1. The van der Waals surface area contributed by atoms with E-state index >= 15 is 0 Å². The first kappa shape index (κ1) is 37.7. The molecule has 0 fully saturated rings. The number of carbonyl (C=O) groups is 1. The molecular formula is C54H35ClN6O2. The van der Waals surface area contributed by atoms with Gasteiger partial charge < -0.3 is 15.1 Å². The topological polar surface area (TPSA) is 112 Å². The maximum Gasteiger partial charge on any atom is 0.356 e. The lowest BCUT2D eigenvalue weighted by atomic mass is 10.0. The van der Waals surface area contributed by atoms with Gasteiger partial charge in [-0.25, -0.2) is 19.4 Å². The highest BCUT2D eigenvalue weighted by atomic mass is 35.5. The number of fused-ring (bicyclic) bond motifs is 8. The van der Waals surface area contributed by atoms with Crippen LogP contribution >= 0.6 is 11.6 Å². The standard InChI is InChI=1S/C54H35ClN6O2/c55-37-21-23-38(24-22-37)61-48(32-47(60-61)54(62)63)39-31-46-51(35-17-9-3-10-18-35)44-28-27-42(57-44)49(33-13-5-1-6-14-33)40-25-26-41(56-40)50(34-15-7-2-8-16-34)43-29-30-45(58-43)52(53(39)59-46)36-19-11-4-12-20-36/h1-32,56,59H,(H,62,63). The molecule has 8 bridgehead atoms. The normalized spacial score (nSPS) is 11.9. The first-order valence-electron chi connectivity index (χ1n) is 20.5. The molecule has 0 spiro atoms. The summed E-state index contributed by atoms with van der Waals surface area (Å²) in [5.41, 5.74) is 15.6. The molecule has 3 N–H and O–H groups in total. The summed E-state index contributed by atoms with van der Waals surface area (Å²) in [6.07, 6.45) is 8.26. The van der Waals surface area contributed by atoms with Crippen molar-refractivity contribution in [3.8, 4) is 61.5 Å². The summed E-state index contributed by atoms with van der Waals surface area (Å²) < 4.78 is 1.66. The summed E-state index contributed by atoms with van der Waals surface area (Å²) in [6, 6.07) is 56.1. The summed E-state index contributed by atoms with van der Waals surface area (Å²) in [6.45, 7) is 0. The van der Waals surface area contributed by atoms with E-state index in [9.17, 15) is 9.90 Å². The molecule has 6 heterocycles. The van der Waals surface area contributed by atoms with Crippen LogP contribution in [0, 0.1) is 0 Å². The minimum Gasteiger partial charge on any atom is -0.476 e. The van der Waals surface area contributed by atoms with E-state index in [0.29, 0.717) is 22.0 Å². The van der Waals surface area contributed by atoms with Crippen LogP contribution in [-0.4, -0.2) is 40.8 Å². The van der Waals surface area contributed by atoms with Crippen LogP contribution in [0.1, 0.15) is 33.3 Å². The van der Waals surface area contributed by atoms with Crippen LogP contribution in [0.2, 0.25) is 5.02 Å². The highest BCUT2D eigenvalue weighted by Gasteiger charge is 2.24. The molecule has 4 aromatic heterocycles. The molecule has 2 aliphatic heterocycles. The smallest absolute Gasteiger partial charge is 0.356 e. The fraction of sp³-hybridized carbons (Fsp3) is 0. The maximum atomic E-state index is 12.7. The number of hydrogen-bond donors (Lipinski definition) is 3. The fourth-order valence-corrected chi connectivity index (χ4v) is 8.70. The fourth-order valence-electron chi connectivity index (χ4n) is 8.58. The van der Waals surface area contributed by atoms with Crippen LogP contribution in [0.4, 0.5) is 0 Å². The second kappa shape index (κ2) is 15.6. The van der Waals surface area contributed by atoms with Gasteiger partial charge in [0, 0.05) is 49.4 Å². The van der Waals surface area contributed by atoms with Gasteiger partial charge in [-0.1, -0.05) is 133 Å². The zero-order valence-electron chi connectivity index (χ0n) is 33.5. The lowest BCUT2D eigenvalue weighted by Gasteiger charge is -2.10. The Balaban J connectivity index is 1.37. The Hall–Kier alpha value is -8.33. The Kier molecular flexibility index (Phi) is 9.33. The summed E-state index contributed by atoms with van der Waals surface area (Å²) in [4.78, 5) is 31.3. The molecule has 8 nitrogen and oxygen atoms in total. The SMILES string of the molecule is O=C(O)c1cc(-c2cc3[nH]c2c(-c2ccccc2)c2nc(c(-c4ccccc4)c4ccc([nH]4)c(-c4ccccc4)c4nc(c3-c3ccccc3)C=C4)C=C2)n(-c2ccc(Cl)cc2)n1. The number of H-pyrrole nitrogens is 2. The molecule has 63 heavy (non-hydrogen) atoms. The Bertz CT molecular complexity index is 3460. The van der Waals surface area contributed by atoms with Gasteiger partial charge in [0.25, 0.3) is 0 Å². The number of carboxylic acid groups (broad SMARTS) is 1. The molecule has 11 rings (SSSR count). The van der Waals surface area contributed by atoms with Gasteiger partial charge in [-0.3, -0.25) is 0 Å². The van der Waals surface area contributed by atoms with Crippen LogP contribution in [0.5, 0.6) is 0 Å².